The molecule has 0 saturated carbocycles. The van der Waals surface area contributed by atoms with Crippen molar-refractivity contribution in [2.24, 2.45) is 0 Å². The third-order valence-electron chi connectivity index (χ3n) is 2.99. The predicted octanol–water partition coefficient (Wildman–Crippen LogP) is 1.82. The Labute approximate surface area is 109 Å². The normalized spacial score (nSPS) is 20.4. The summed E-state index contributed by atoms with van der Waals surface area (Å²) in [6, 6.07) is 0.538. The number of aliphatic hydroxyl groups excluding tert-OH is 1. The smallest absolute Gasteiger partial charge is 0.145 e. The topological polar surface area (TPSA) is 49.2 Å². The fourth-order valence-corrected chi connectivity index (χ4v) is 2.87. The lowest BCUT2D eigenvalue weighted by Gasteiger charge is -2.26. The maximum absolute atomic E-state index is 8.89. The second-order valence-corrected chi connectivity index (χ2v) is 5.21. The molecule has 1 fully saturated rings. The van der Waals surface area contributed by atoms with Crippen LogP contribution in [0.15, 0.2) is 12.5 Å². The molecule has 16 heavy (non-hydrogen) atoms. The summed E-state index contributed by atoms with van der Waals surface area (Å²) in [6.45, 7) is 1.36. The van der Waals surface area contributed by atoms with E-state index in [1.165, 1.54) is 12.8 Å². The number of rotatable bonds is 4. The zero-order valence-corrected chi connectivity index (χ0v) is 11.3. The van der Waals surface area contributed by atoms with Gasteiger partial charge in [-0.3, -0.25) is 0 Å². The molecule has 1 atom stereocenters. The van der Waals surface area contributed by atoms with Crippen LogP contribution in [0.5, 0.6) is 0 Å². The molecule has 0 radical (unpaired) electrons. The second-order valence-electron chi connectivity index (χ2n) is 4.05. The van der Waals surface area contributed by atoms with E-state index in [1.807, 2.05) is 6.20 Å². The Morgan fingerprint density at radius 1 is 1.56 bits per heavy atom. The Hall–Kier alpha value is -0.430. The van der Waals surface area contributed by atoms with Gasteiger partial charge in [0.2, 0.25) is 0 Å². The average Bonchev–Trinajstić information content (AvgIpc) is 2.75. The van der Waals surface area contributed by atoms with Gasteiger partial charge >= 0.3 is 0 Å². The highest BCUT2D eigenvalue weighted by Gasteiger charge is 2.26. The second kappa shape index (κ2) is 5.77. The summed E-state index contributed by atoms with van der Waals surface area (Å²) in [6.07, 6.45) is 7.82. The van der Waals surface area contributed by atoms with Gasteiger partial charge in [0, 0.05) is 25.4 Å². The van der Waals surface area contributed by atoms with E-state index in [2.05, 4.69) is 37.5 Å². The van der Waals surface area contributed by atoms with Crippen LogP contribution in [0.1, 0.15) is 25.7 Å². The van der Waals surface area contributed by atoms with Crippen LogP contribution >= 0.6 is 22.6 Å². The number of hydrogen-bond donors (Lipinski definition) is 1. The van der Waals surface area contributed by atoms with Gasteiger partial charge in [-0.1, -0.05) is 0 Å². The molecule has 2 heterocycles. The van der Waals surface area contributed by atoms with E-state index in [9.17, 15) is 0 Å². The molecule has 1 aromatic heterocycles. The Morgan fingerprint density at radius 3 is 3.19 bits per heavy atom. The molecule has 0 aromatic carbocycles. The van der Waals surface area contributed by atoms with Crippen LogP contribution in [-0.4, -0.2) is 34.3 Å². The van der Waals surface area contributed by atoms with Crippen LogP contribution in [0.4, 0.5) is 5.82 Å². The first kappa shape index (κ1) is 12.0. The highest BCUT2D eigenvalue weighted by molar-refractivity contribution is 14.1. The van der Waals surface area contributed by atoms with Gasteiger partial charge in [0.05, 0.1) is 3.57 Å². The summed E-state index contributed by atoms with van der Waals surface area (Å²) in [5.74, 6) is 1.05. The van der Waals surface area contributed by atoms with Gasteiger partial charge < -0.3 is 10.0 Å². The van der Waals surface area contributed by atoms with Crippen LogP contribution < -0.4 is 4.90 Å². The number of aromatic nitrogens is 2. The van der Waals surface area contributed by atoms with Crippen molar-refractivity contribution in [1.82, 2.24) is 9.97 Å². The molecule has 1 N–H and O–H groups in total. The molecular formula is C11H16IN3O. The van der Waals surface area contributed by atoms with Gasteiger partial charge in [-0.2, -0.15) is 0 Å². The first-order valence-electron chi connectivity index (χ1n) is 5.66. The Balaban J connectivity index is 2.10. The van der Waals surface area contributed by atoms with E-state index in [4.69, 9.17) is 5.11 Å². The third-order valence-corrected chi connectivity index (χ3v) is 3.75. The summed E-state index contributed by atoms with van der Waals surface area (Å²) in [5.41, 5.74) is 0. The highest BCUT2D eigenvalue weighted by atomic mass is 127. The van der Waals surface area contributed by atoms with Crippen LogP contribution in [0, 0.1) is 3.57 Å². The molecule has 2 rings (SSSR count). The largest absolute Gasteiger partial charge is 0.396 e. The molecule has 5 heteroatoms. The van der Waals surface area contributed by atoms with Crippen molar-refractivity contribution in [1.29, 1.82) is 0 Å². The van der Waals surface area contributed by atoms with Crippen molar-refractivity contribution in [2.45, 2.75) is 31.7 Å². The Bertz CT molecular complexity index is 348. The molecular weight excluding hydrogens is 317 g/mol. The summed E-state index contributed by atoms with van der Waals surface area (Å²) >= 11 is 2.28. The van der Waals surface area contributed by atoms with Crippen molar-refractivity contribution in [2.75, 3.05) is 18.1 Å². The minimum atomic E-state index is 0.283. The first-order valence-corrected chi connectivity index (χ1v) is 6.74. The average molecular weight is 333 g/mol. The zero-order valence-electron chi connectivity index (χ0n) is 9.14. The lowest BCUT2D eigenvalue weighted by atomic mass is 10.1. The molecule has 0 spiro atoms. The summed E-state index contributed by atoms with van der Waals surface area (Å²) < 4.78 is 1.11. The summed E-state index contributed by atoms with van der Waals surface area (Å²) in [7, 11) is 0. The molecule has 0 amide bonds. The van der Waals surface area contributed by atoms with Crippen LogP contribution in [0.25, 0.3) is 0 Å². The Morgan fingerprint density at radius 2 is 2.44 bits per heavy atom. The van der Waals surface area contributed by atoms with Crippen molar-refractivity contribution in [3.8, 4) is 0 Å². The van der Waals surface area contributed by atoms with E-state index >= 15 is 0 Å². The fourth-order valence-electron chi connectivity index (χ4n) is 2.26. The van der Waals surface area contributed by atoms with Gasteiger partial charge in [0.25, 0.3) is 0 Å². The van der Waals surface area contributed by atoms with Crippen LogP contribution in [0.2, 0.25) is 0 Å². The van der Waals surface area contributed by atoms with Gasteiger partial charge in [-0.15, -0.1) is 0 Å². The highest BCUT2D eigenvalue weighted by Crippen LogP contribution is 2.29. The molecule has 1 aliphatic heterocycles. The van der Waals surface area contributed by atoms with Crippen LogP contribution in [-0.2, 0) is 0 Å². The van der Waals surface area contributed by atoms with Crippen LogP contribution in [0.3, 0.4) is 0 Å². The number of halogens is 1. The lowest BCUT2D eigenvalue weighted by Crippen LogP contribution is -2.30. The summed E-state index contributed by atoms with van der Waals surface area (Å²) in [5, 5.41) is 8.89. The maximum Gasteiger partial charge on any atom is 0.145 e. The van der Waals surface area contributed by atoms with Crippen molar-refractivity contribution < 1.29 is 5.11 Å². The molecule has 1 aromatic rings. The quantitative estimate of drug-likeness (QED) is 0.854. The van der Waals surface area contributed by atoms with Crippen molar-refractivity contribution >= 4 is 28.4 Å². The van der Waals surface area contributed by atoms with Gasteiger partial charge in [0.1, 0.15) is 12.1 Å². The van der Waals surface area contributed by atoms with E-state index in [-0.39, 0.29) is 6.61 Å². The molecule has 1 unspecified atom stereocenters. The zero-order chi connectivity index (χ0) is 11.4. The van der Waals surface area contributed by atoms with Crippen molar-refractivity contribution in [3.63, 3.8) is 0 Å². The molecule has 88 valence electrons. The summed E-state index contributed by atoms with van der Waals surface area (Å²) in [4.78, 5) is 10.7. The first-order chi connectivity index (χ1) is 7.83. The predicted molar refractivity (Wildman–Crippen MR) is 71.4 cm³/mol. The molecule has 1 saturated heterocycles. The van der Waals surface area contributed by atoms with Gasteiger partial charge in [-0.05, 0) is 48.3 Å². The molecule has 1 aliphatic rings. The number of anilines is 1. The monoisotopic (exact) mass is 333 g/mol. The van der Waals surface area contributed by atoms with E-state index < -0.39 is 0 Å². The standard InChI is InChI=1S/C11H16IN3O/c12-10-7-13-8-14-11(10)15-5-1-3-9(15)4-2-6-16/h7-9,16H,1-6H2. The third kappa shape index (κ3) is 2.63. The Kier molecular flexibility index (Phi) is 4.34. The number of nitrogens with zero attached hydrogens (tertiary/aromatic N) is 3. The van der Waals surface area contributed by atoms with Gasteiger partial charge in [-0.25, -0.2) is 9.97 Å². The number of aliphatic hydroxyl groups is 1. The molecule has 0 aliphatic carbocycles. The maximum atomic E-state index is 8.89. The SMILES string of the molecule is OCCCC1CCCN1c1ncncc1I. The minimum Gasteiger partial charge on any atom is -0.396 e. The molecule has 0 bridgehead atoms. The molecule has 4 nitrogen and oxygen atoms in total. The minimum absolute atomic E-state index is 0.283. The number of hydrogen-bond acceptors (Lipinski definition) is 4. The van der Waals surface area contributed by atoms with E-state index in [1.54, 1.807) is 6.33 Å². The van der Waals surface area contributed by atoms with Gasteiger partial charge in [0.15, 0.2) is 0 Å². The lowest BCUT2D eigenvalue weighted by molar-refractivity contribution is 0.279. The van der Waals surface area contributed by atoms with E-state index in [0.717, 1.165) is 28.8 Å². The fraction of sp³-hybridized carbons (Fsp3) is 0.636. The van der Waals surface area contributed by atoms with Crippen molar-refractivity contribution in [3.05, 3.63) is 16.1 Å². The van der Waals surface area contributed by atoms with E-state index in [0.29, 0.717) is 6.04 Å².